The van der Waals surface area contributed by atoms with Gasteiger partial charge in [0.2, 0.25) is 16.9 Å². The number of benzene rings is 1. The highest BCUT2D eigenvalue weighted by Gasteiger charge is 2.22. The van der Waals surface area contributed by atoms with Gasteiger partial charge in [0.15, 0.2) is 0 Å². The van der Waals surface area contributed by atoms with Crippen molar-refractivity contribution in [3.8, 4) is 0 Å². The fraction of sp³-hybridized carbons (Fsp3) is 0.500. The Labute approximate surface area is 180 Å². The Morgan fingerprint density at radius 3 is 2.62 bits per heavy atom. The molecule has 0 spiro atoms. The summed E-state index contributed by atoms with van der Waals surface area (Å²) in [6, 6.07) is 7.73. The maximum absolute atomic E-state index is 12.5. The second-order valence-corrected chi connectivity index (χ2v) is 8.99. The number of nitrogens with zero attached hydrogens (tertiary/aromatic N) is 4. The van der Waals surface area contributed by atoms with Crippen molar-refractivity contribution in [2.75, 3.05) is 36.4 Å². The second-order valence-electron chi connectivity index (χ2n) is 7.49. The molecular formula is C20H26ClN5O2S. The number of rotatable bonds is 7. The maximum atomic E-state index is 12.5. The molecule has 0 saturated carbocycles. The van der Waals surface area contributed by atoms with E-state index in [1.807, 2.05) is 29.2 Å². The van der Waals surface area contributed by atoms with Crippen molar-refractivity contribution in [2.45, 2.75) is 33.1 Å². The molecule has 1 aromatic heterocycles. The summed E-state index contributed by atoms with van der Waals surface area (Å²) in [5.74, 6) is 0.287. The Morgan fingerprint density at radius 1 is 1.17 bits per heavy atom. The molecule has 0 atom stereocenters. The summed E-state index contributed by atoms with van der Waals surface area (Å²) in [6.45, 7) is 7.01. The van der Waals surface area contributed by atoms with E-state index in [0.717, 1.165) is 30.2 Å². The molecule has 1 aliphatic heterocycles. The van der Waals surface area contributed by atoms with Gasteiger partial charge < -0.3 is 15.1 Å². The SMILES string of the molecule is CC(C)Cc1nnc(NC(=O)CCC(=O)N2CCN(c3cccc(Cl)c3)CC2)s1. The minimum atomic E-state index is -0.205. The third kappa shape index (κ3) is 6.40. The Morgan fingerprint density at radius 2 is 1.93 bits per heavy atom. The van der Waals surface area contributed by atoms with E-state index in [-0.39, 0.29) is 24.7 Å². The van der Waals surface area contributed by atoms with E-state index in [0.29, 0.717) is 29.2 Å². The molecule has 1 aromatic carbocycles. The van der Waals surface area contributed by atoms with Crippen molar-refractivity contribution in [1.82, 2.24) is 15.1 Å². The molecule has 3 rings (SSSR count). The molecule has 2 heterocycles. The molecule has 2 aromatic rings. The Balaban J connectivity index is 1.40. The smallest absolute Gasteiger partial charge is 0.226 e. The number of nitrogens with one attached hydrogen (secondary N) is 1. The summed E-state index contributed by atoms with van der Waals surface area (Å²) in [4.78, 5) is 28.6. The van der Waals surface area contributed by atoms with Crippen molar-refractivity contribution in [2.24, 2.45) is 5.92 Å². The molecule has 0 unspecified atom stereocenters. The summed E-state index contributed by atoms with van der Waals surface area (Å²) in [7, 11) is 0. The fourth-order valence-corrected chi connectivity index (χ4v) is 4.34. The lowest BCUT2D eigenvalue weighted by Crippen LogP contribution is -2.48. The van der Waals surface area contributed by atoms with E-state index in [1.165, 1.54) is 11.3 Å². The average Bonchev–Trinajstić information content (AvgIpc) is 3.12. The van der Waals surface area contributed by atoms with Gasteiger partial charge in [-0.25, -0.2) is 0 Å². The zero-order valence-electron chi connectivity index (χ0n) is 16.7. The second kappa shape index (κ2) is 10.0. The van der Waals surface area contributed by atoms with Crippen LogP contribution in [0.5, 0.6) is 0 Å². The first-order valence-electron chi connectivity index (χ1n) is 9.81. The number of hydrogen-bond acceptors (Lipinski definition) is 6. The highest BCUT2D eigenvalue weighted by molar-refractivity contribution is 7.15. The lowest BCUT2D eigenvalue weighted by atomic mass is 10.1. The summed E-state index contributed by atoms with van der Waals surface area (Å²) < 4.78 is 0. The van der Waals surface area contributed by atoms with Crippen molar-refractivity contribution in [1.29, 1.82) is 0 Å². The first-order chi connectivity index (χ1) is 13.9. The van der Waals surface area contributed by atoms with Gasteiger partial charge in [0.25, 0.3) is 0 Å². The van der Waals surface area contributed by atoms with Gasteiger partial charge >= 0.3 is 0 Å². The van der Waals surface area contributed by atoms with Crippen molar-refractivity contribution >= 4 is 45.6 Å². The van der Waals surface area contributed by atoms with Crippen LogP contribution in [0.1, 0.15) is 31.7 Å². The Bertz CT molecular complexity index is 849. The van der Waals surface area contributed by atoms with Gasteiger partial charge in [0.05, 0.1) is 0 Å². The number of anilines is 2. The number of aromatic nitrogens is 2. The molecule has 29 heavy (non-hydrogen) atoms. The van der Waals surface area contributed by atoms with Gasteiger partial charge in [-0.2, -0.15) is 0 Å². The molecule has 1 N–H and O–H groups in total. The largest absolute Gasteiger partial charge is 0.368 e. The summed E-state index contributed by atoms with van der Waals surface area (Å²) in [5.41, 5.74) is 1.07. The Kier molecular flexibility index (Phi) is 7.44. The first-order valence-corrected chi connectivity index (χ1v) is 11.0. The van der Waals surface area contributed by atoms with Crippen LogP contribution in [0, 0.1) is 5.92 Å². The van der Waals surface area contributed by atoms with Crippen LogP contribution in [-0.4, -0.2) is 53.1 Å². The van der Waals surface area contributed by atoms with Gasteiger partial charge in [0, 0.05) is 56.2 Å². The van der Waals surface area contributed by atoms with Crippen LogP contribution in [0.3, 0.4) is 0 Å². The van der Waals surface area contributed by atoms with Crippen LogP contribution in [0.25, 0.3) is 0 Å². The van der Waals surface area contributed by atoms with Crippen LogP contribution in [-0.2, 0) is 16.0 Å². The van der Waals surface area contributed by atoms with E-state index in [9.17, 15) is 9.59 Å². The van der Waals surface area contributed by atoms with Gasteiger partial charge in [-0.3, -0.25) is 9.59 Å². The number of amides is 2. The van der Waals surface area contributed by atoms with Crippen LogP contribution >= 0.6 is 22.9 Å². The molecule has 9 heteroatoms. The maximum Gasteiger partial charge on any atom is 0.226 e. The number of carbonyl (C=O) groups excluding carboxylic acids is 2. The molecule has 2 amide bonds. The molecule has 1 saturated heterocycles. The lowest BCUT2D eigenvalue weighted by molar-refractivity contribution is -0.133. The predicted molar refractivity (Wildman–Crippen MR) is 117 cm³/mol. The molecule has 1 aliphatic rings. The van der Waals surface area contributed by atoms with E-state index >= 15 is 0 Å². The third-order valence-electron chi connectivity index (χ3n) is 4.67. The van der Waals surface area contributed by atoms with Crippen LogP contribution in [0.2, 0.25) is 5.02 Å². The van der Waals surface area contributed by atoms with E-state index < -0.39 is 0 Å². The fourth-order valence-electron chi connectivity index (χ4n) is 3.18. The van der Waals surface area contributed by atoms with Crippen LogP contribution in [0.15, 0.2) is 24.3 Å². The number of halogens is 1. The summed E-state index contributed by atoms with van der Waals surface area (Å²) in [5, 5.41) is 12.9. The van der Waals surface area contributed by atoms with Crippen molar-refractivity contribution in [3.05, 3.63) is 34.3 Å². The third-order valence-corrected chi connectivity index (χ3v) is 5.76. The lowest BCUT2D eigenvalue weighted by Gasteiger charge is -2.36. The van der Waals surface area contributed by atoms with E-state index in [1.54, 1.807) is 0 Å². The van der Waals surface area contributed by atoms with Gasteiger partial charge in [0.1, 0.15) is 5.01 Å². The molecule has 0 aliphatic carbocycles. The molecule has 0 radical (unpaired) electrons. The zero-order valence-corrected chi connectivity index (χ0v) is 18.3. The van der Waals surface area contributed by atoms with Crippen molar-refractivity contribution in [3.63, 3.8) is 0 Å². The van der Waals surface area contributed by atoms with Crippen LogP contribution < -0.4 is 10.2 Å². The van der Waals surface area contributed by atoms with E-state index in [2.05, 4.69) is 34.3 Å². The molecule has 156 valence electrons. The minimum Gasteiger partial charge on any atom is -0.368 e. The van der Waals surface area contributed by atoms with Gasteiger partial charge in [-0.15, -0.1) is 10.2 Å². The summed E-state index contributed by atoms with van der Waals surface area (Å²) in [6.07, 6.45) is 1.18. The topological polar surface area (TPSA) is 78.4 Å². The monoisotopic (exact) mass is 435 g/mol. The number of piperazine rings is 1. The standard InChI is InChI=1S/C20H26ClN5O2S/c1-14(2)12-18-23-24-20(29-18)22-17(27)6-7-19(28)26-10-8-25(9-11-26)16-5-3-4-15(21)13-16/h3-5,13-14H,6-12H2,1-2H3,(H,22,24,27). The molecule has 1 fully saturated rings. The van der Waals surface area contributed by atoms with Crippen molar-refractivity contribution < 1.29 is 9.59 Å². The van der Waals surface area contributed by atoms with Crippen LogP contribution in [0.4, 0.5) is 10.8 Å². The molecule has 7 nitrogen and oxygen atoms in total. The average molecular weight is 436 g/mol. The summed E-state index contributed by atoms with van der Waals surface area (Å²) >= 11 is 7.45. The first kappa shape index (κ1) is 21.5. The Hall–Kier alpha value is -2.19. The quantitative estimate of drug-likeness (QED) is 0.720. The predicted octanol–water partition coefficient (Wildman–Crippen LogP) is 3.46. The number of hydrogen-bond donors (Lipinski definition) is 1. The van der Waals surface area contributed by atoms with Gasteiger partial charge in [-0.05, 0) is 24.1 Å². The number of carbonyl (C=O) groups is 2. The normalized spacial score (nSPS) is 14.3. The molecule has 0 bridgehead atoms. The molecular weight excluding hydrogens is 410 g/mol. The highest BCUT2D eigenvalue weighted by Crippen LogP contribution is 2.21. The minimum absolute atomic E-state index is 0.00338. The zero-order chi connectivity index (χ0) is 20.8. The highest BCUT2D eigenvalue weighted by atomic mass is 35.5. The van der Waals surface area contributed by atoms with Gasteiger partial charge in [-0.1, -0.05) is 42.9 Å². The van der Waals surface area contributed by atoms with E-state index in [4.69, 9.17) is 11.6 Å².